The minimum Gasteiger partial charge on any atom is -0.381 e. The zero-order valence-electron chi connectivity index (χ0n) is 11.7. The summed E-state index contributed by atoms with van der Waals surface area (Å²) in [4.78, 5) is 12.6. The molecule has 0 aliphatic carbocycles. The van der Waals surface area contributed by atoms with Crippen LogP contribution >= 0.6 is 0 Å². The van der Waals surface area contributed by atoms with Crippen LogP contribution in [0.2, 0.25) is 0 Å². The highest BCUT2D eigenvalue weighted by molar-refractivity contribution is 5.85. The summed E-state index contributed by atoms with van der Waals surface area (Å²) in [6.07, 6.45) is 5.57. The van der Waals surface area contributed by atoms with Crippen molar-refractivity contribution in [2.75, 3.05) is 19.8 Å². The monoisotopic (exact) mass is 268 g/mol. The molecule has 108 valence electrons. The molecule has 0 aromatic rings. The molecule has 19 heavy (non-hydrogen) atoms. The van der Waals surface area contributed by atoms with E-state index < -0.39 is 0 Å². The molecule has 3 aliphatic heterocycles. The highest BCUT2D eigenvalue weighted by Crippen LogP contribution is 2.38. The lowest BCUT2D eigenvalue weighted by atomic mass is 9.78. The van der Waals surface area contributed by atoms with E-state index in [1.165, 1.54) is 0 Å². The van der Waals surface area contributed by atoms with Gasteiger partial charge >= 0.3 is 0 Å². The summed E-state index contributed by atoms with van der Waals surface area (Å²) in [6, 6.07) is 0. The van der Waals surface area contributed by atoms with E-state index in [4.69, 9.17) is 14.2 Å². The molecule has 4 heteroatoms. The van der Waals surface area contributed by atoms with Crippen LogP contribution in [0.25, 0.3) is 0 Å². The zero-order chi connectivity index (χ0) is 13.3. The fourth-order valence-corrected chi connectivity index (χ4v) is 3.64. The minimum absolute atomic E-state index is 0.0962. The van der Waals surface area contributed by atoms with E-state index in [0.717, 1.165) is 51.7 Å². The topological polar surface area (TPSA) is 44.8 Å². The Morgan fingerprint density at radius 3 is 2.58 bits per heavy atom. The zero-order valence-corrected chi connectivity index (χ0v) is 11.7. The Balaban J connectivity index is 1.62. The van der Waals surface area contributed by atoms with E-state index in [1.807, 2.05) is 0 Å². The van der Waals surface area contributed by atoms with E-state index in [2.05, 4.69) is 6.92 Å². The molecule has 0 aromatic heterocycles. The van der Waals surface area contributed by atoms with Gasteiger partial charge in [-0.05, 0) is 45.4 Å². The Morgan fingerprint density at radius 1 is 1.11 bits per heavy atom. The molecule has 3 aliphatic rings. The van der Waals surface area contributed by atoms with Crippen LogP contribution in [0, 0.1) is 5.92 Å². The molecule has 4 nitrogen and oxygen atoms in total. The third kappa shape index (κ3) is 2.86. The van der Waals surface area contributed by atoms with Gasteiger partial charge in [0.05, 0.1) is 11.7 Å². The van der Waals surface area contributed by atoms with Crippen molar-refractivity contribution in [3.63, 3.8) is 0 Å². The van der Waals surface area contributed by atoms with Crippen LogP contribution in [-0.2, 0) is 19.0 Å². The van der Waals surface area contributed by atoms with Gasteiger partial charge in [-0.1, -0.05) is 0 Å². The fraction of sp³-hybridized carbons (Fsp3) is 0.933. The third-order valence-electron chi connectivity index (χ3n) is 4.85. The number of hydrogen-bond donors (Lipinski definition) is 0. The van der Waals surface area contributed by atoms with Crippen molar-refractivity contribution in [2.45, 2.75) is 63.3 Å². The van der Waals surface area contributed by atoms with Crippen LogP contribution in [0.1, 0.15) is 45.4 Å². The number of hydrogen-bond acceptors (Lipinski definition) is 4. The number of carbonyl (C=O) groups excluding carboxylic acids is 1. The molecule has 0 aromatic carbocycles. The lowest BCUT2D eigenvalue weighted by molar-refractivity contribution is -0.162. The lowest BCUT2D eigenvalue weighted by Gasteiger charge is -2.43. The minimum atomic E-state index is -0.157. The molecule has 3 heterocycles. The van der Waals surface area contributed by atoms with Gasteiger partial charge in [-0.25, -0.2) is 0 Å². The molecule has 3 saturated heterocycles. The number of rotatable bonds is 2. The highest BCUT2D eigenvalue weighted by Gasteiger charge is 2.43. The van der Waals surface area contributed by atoms with E-state index >= 15 is 0 Å². The number of Topliss-reactive ketones (excluding diaryl/α,β-unsaturated/α-hetero) is 1. The number of ketones is 1. The standard InChI is InChI=1S/C15H24O4/c1-11-2-3-13(19-11)14(16)12-4-7-18-15(10-12)5-8-17-9-6-15/h11-13H,2-10H2,1H3. The number of carbonyl (C=O) groups is 1. The van der Waals surface area contributed by atoms with Crippen molar-refractivity contribution in [3.8, 4) is 0 Å². The van der Waals surface area contributed by atoms with Gasteiger partial charge in [0.2, 0.25) is 0 Å². The van der Waals surface area contributed by atoms with Crippen LogP contribution < -0.4 is 0 Å². The van der Waals surface area contributed by atoms with Gasteiger partial charge in [-0.3, -0.25) is 4.79 Å². The van der Waals surface area contributed by atoms with E-state index in [0.29, 0.717) is 12.4 Å². The van der Waals surface area contributed by atoms with Crippen molar-refractivity contribution < 1.29 is 19.0 Å². The highest BCUT2D eigenvalue weighted by atomic mass is 16.5. The maximum absolute atomic E-state index is 12.6. The molecule has 3 atom stereocenters. The first-order valence-corrected chi connectivity index (χ1v) is 7.59. The summed E-state index contributed by atoms with van der Waals surface area (Å²) >= 11 is 0. The Kier molecular flexibility index (Phi) is 3.92. The van der Waals surface area contributed by atoms with Crippen molar-refractivity contribution in [2.24, 2.45) is 5.92 Å². The second-order valence-electron chi connectivity index (χ2n) is 6.25. The molecule has 0 bridgehead atoms. The second kappa shape index (κ2) is 5.51. The average molecular weight is 268 g/mol. The van der Waals surface area contributed by atoms with Gasteiger partial charge in [-0.15, -0.1) is 0 Å². The summed E-state index contributed by atoms with van der Waals surface area (Å²) in [7, 11) is 0. The molecular formula is C15H24O4. The van der Waals surface area contributed by atoms with E-state index in [9.17, 15) is 4.79 Å². The van der Waals surface area contributed by atoms with Gasteiger partial charge in [0.1, 0.15) is 6.10 Å². The molecule has 0 saturated carbocycles. The van der Waals surface area contributed by atoms with Crippen LogP contribution in [0.5, 0.6) is 0 Å². The SMILES string of the molecule is CC1CCC(C(=O)C2CCOC3(CCOCC3)C2)O1. The van der Waals surface area contributed by atoms with Gasteiger partial charge in [0.15, 0.2) is 5.78 Å². The van der Waals surface area contributed by atoms with Crippen LogP contribution in [0.15, 0.2) is 0 Å². The Morgan fingerprint density at radius 2 is 1.89 bits per heavy atom. The van der Waals surface area contributed by atoms with Gasteiger partial charge in [0.25, 0.3) is 0 Å². The summed E-state index contributed by atoms with van der Waals surface area (Å²) in [5, 5.41) is 0. The van der Waals surface area contributed by atoms with Gasteiger partial charge in [0, 0.05) is 25.7 Å². The molecule has 0 N–H and O–H groups in total. The molecule has 0 radical (unpaired) electrons. The van der Waals surface area contributed by atoms with E-state index in [1.54, 1.807) is 0 Å². The Labute approximate surface area is 114 Å². The van der Waals surface area contributed by atoms with E-state index in [-0.39, 0.29) is 23.7 Å². The van der Waals surface area contributed by atoms with Crippen molar-refractivity contribution in [1.82, 2.24) is 0 Å². The predicted octanol–water partition coefficient (Wildman–Crippen LogP) is 2.10. The molecule has 0 amide bonds. The predicted molar refractivity (Wildman–Crippen MR) is 70.0 cm³/mol. The summed E-state index contributed by atoms with van der Waals surface area (Å²) in [6.45, 7) is 4.28. The Hall–Kier alpha value is -0.450. The van der Waals surface area contributed by atoms with Gasteiger partial charge < -0.3 is 14.2 Å². The first-order chi connectivity index (χ1) is 9.19. The molecule has 1 spiro atoms. The first-order valence-electron chi connectivity index (χ1n) is 7.59. The van der Waals surface area contributed by atoms with Crippen LogP contribution in [0.3, 0.4) is 0 Å². The fourth-order valence-electron chi connectivity index (χ4n) is 3.64. The molecular weight excluding hydrogens is 244 g/mol. The second-order valence-corrected chi connectivity index (χ2v) is 6.25. The number of ether oxygens (including phenoxy) is 3. The Bertz CT molecular complexity index is 330. The van der Waals surface area contributed by atoms with Gasteiger partial charge in [-0.2, -0.15) is 0 Å². The molecule has 3 fully saturated rings. The smallest absolute Gasteiger partial charge is 0.164 e. The third-order valence-corrected chi connectivity index (χ3v) is 4.85. The maximum Gasteiger partial charge on any atom is 0.164 e. The van der Waals surface area contributed by atoms with Crippen LogP contribution in [-0.4, -0.2) is 43.4 Å². The van der Waals surface area contributed by atoms with Crippen molar-refractivity contribution in [1.29, 1.82) is 0 Å². The molecule has 3 rings (SSSR count). The quantitative estimate of drug-likeness (QED) is 0.769. The largest absolute Gasteiger partial charge is 0.381 e. The average Bonchev–Trinajstić information content (AvgIpc) is 2.85. The molecule has 3 unspecified atom stereocenters. The van der Waals surface area contributed by atoms with Crippen LogP contribution in [0.4, 0.5) is 0 Å². The normalized spacial score (nSPS) is 38.5. The maximum atomic E-state index is 12.6. The lowest BCUT2D eigenvalue weighted by Crippen LogP contribution is -2.47. The summed E-state index contributed by atoms with van der Waals surface area (Å²) < 4.78 is 17.2. The van der Waals surface area contributed by atoms with Crippen molar-refractivity contribution in [3.05, 3.63) is 0 Å². The van der Waals surface area contributed by atoms with Crippen molar-refractivity contribution >= 4 is 5.78 Å². The first kappa shape index (κ1) is 13.5. The summed E-state index contributed by atoms with van der Waals surface area (Å²) in [5.41, 5.74) is -0.0962. The summed E-state index contributed by atoms with van der Waals surface area (Å²) in [5.74, 6) is 0.445.